The molecule has 0 amide bonds. The van der Waals surface area contributed by atoms with Gasteiger partial charge in [-0.15, -0.1) is 9.24 Å². The fourth-order valence-electron chi connectivity index (χ4n) is 0. The van der Waals surface area contributed by atoms with Crippen molar-refractivity contribution >= 4 is 9.24 Å². The van der Waals surface area contributed by atoms with Gasteiger partial charge in [0.2, 0.25) is 0 Å². The minimum atomic E-state index is 0. The molecule has 57 valence electrons. The summed E-state index contributed by atoms with van der Waals surface area (Å²) in [6.07, 6.45) is 0. The van der Waals surface area contributed by atoms with E-state index in [1.165, 1.54) is 0 Å². The second kappa shape index (κ2) is 15.9. The van der Waals surface area contributed by atoms with Crippen LogP contribution in [0.4, 0.5) is 0 Å². The molecule has 0 rings (SSSR count). The molecular formula is C5H15HoNP-. The Hall–Kier alpha value is 1.65. The monoisotopic (exact) mass is 285 g/mol. The Kier molecular flexibility index (Phi) is 32.4. The van der Waals surface area contributed by atoms with E-state index in [0.717, 1.165) is 5.66 Å². The molecule has 0 aromatic rings. The molecule has 1 radical (unpaired) electrons. The smallest absolute Gasteiger partial charge is 0 e. The number of rotatable bonds is 0. The van der Waals surface area contributed by atoms with Crippen LogP contribution in [0.2, 0.25) is 0 Å². The molecule has 3 heteroatoms. The van der Waals surface area contributed by atoms with E-state index in [2.05, 4.69) is 28.4 Å². The summed E-state index contributed by atoms with van der Waals surface area (Å²) in [7, 11) is 6.16. The first-order valence-corrected chi connectivity index (χ1v) is 3.05. The van der Waals surface area contributed by atoms with Gasteiger partial charge in [0.25, 0.3) is 0 Å². The normalized spacial score (nSPS) is 6.75. The Morgan fingerprint density at radius 1 is 1.25 bits per heavy atom. The van der Waals surface area contributed by atoms with Crippen molar-refractivity contribution in [3.63, 3.8) is 0 Å². The third-order valence-electron chi connectivity index (χ3n) is 0. The van der Waals surface area contributed by atoms with Gasteiger partial charge < -0.3 is 5.32 Å². The van der Waals surface area contributed by atoms with E-state index in [1.54, 1.807) is 14.1 Å². The van der Waals surface area contributed by atoms with Crippen LogP contribution >= 0.6 is 9.24 Å². The summed E-state index contributed by atoms with van der Waals surface area (Å²) in [5.74, 6) is 0. The topological polar surface area (TPSA) is 14.1 Å². The minimum Gasteiger partial charge on any atom is -0.668 e. The maximum atomic E-state index is 3.50. The van der Waals surface area contributed by atoms with Gasteiger partial charge in [-0.2, -0.15) is 14.1 Å². The van der Waals surface area contributed by atoms with Crippen molar-refractivity contribution in [2.45, 2.75) is 19.5 Å². The molecule has 0 saturated heterocycles. The van der Waals surface area contributed by atoms with Crippen LogP contribution in [0.15, 0.2) is 0 Å². The molecule has 8 heavy (non-hydrogen) atoms. The largest absolute Gasteiger partial charge is 0.668 e. The van der Waals surface area contributed by atoms with Gasteiger partial charge in [0.15, 0.2) is 0 Å². The van der Waals surface area contributed by atoms with Crippen LogP contribution in [0, 0.1) is 37.7 Å². The van der Waals surface area contributed by atoms with E-state index in [9.17, 15) is 0 Å². The van der Waals surface area contributed by atoms with Crippen LogP contribution in [0.25, 0.3) is 5.32 Å². The van der Waals surface area contributed by atoms with Crippen molar-refractivity contribution in [1.29, 1.82) is 0 Å². The zero-order valence-corrected chi connectivity index (χ0v) is 8.99. The van der Waals surface area contributed by atoms with E-state index in [1.807, 2.05) is 0 Å². The van der Waals surface area contributed by atoms with Crippen LogP contribution in [0.1, 0.15) is 13.8 Å². The average molecular weight is 285 g/mol. The van der Waals surface area contributed by atoms with Crippen LogP contribution in [-0.4, -0.2) is 19.8 Å². The van der Waals surface area contributed by atoms with Crippen LogP contribution in [0.5, 0.6) is 0 Å². The van der Waals surface area contributed by atoms with Crippen molar-refractivity contribution in [3.8, 4) is 0 Å². The fourth-order valence-corrected chi connectivity index (χ4v) is 0. The van der Waals surface area contributed by atoms with Crippen LogP contribution in [-0.2, 0) is 0 Å². The van der Waals surface area contributed by atoms with Gasteiger partial charge in [-0.1, -0.05) is 13.8 Å². The first kappa shape index (κ1) is 16.3. The summed E-state index contributed by atoms with van der Waals surface area (Å²) in [6.45, 7) is 4.26. The summed E-state index contributed by atoms with van der Waals surface area (Å²) in [6, 6.07) is 0. The van der Waals surface area contributed by atoms with Gasteiger partial charge in [-0.05, 0) is 5.66 Å². The molecule has 0 N–H and O–H groups in total. The predicted octanol–water partition coefficient (Wildman–Crippen LogP) is 1.89. The van der Waals surface area contributed by atoms with E-state index in [-0.39, 0.29) is 37.7 Å². The number of hydrogen-bond acceptors (Lipinski definition) is 0. The van der Waals surface area contributed by atoms with Gasteiger partial charge in [-0.25, -0.2) is 0 Å². The zero-order valence-electron chi connectivity index (χ0n) is 5.90. The number of nitrogens with zero attached hydrogens (tertiary/aromatic N) is 1. The third-order valence-corrected chi connectivity index (χ3v) is 0. The van der Waals surface area contributed by atoms with Crippen molar-refractivity contribution in [2.75, 3.05) is 14.1 Å². The molecule has 0 heterocycles. The molecule has 0 aliphatic rings. The first-order chi connectivity index (χ1) is 3.15. The fraction of sp³-hybridized carbons (Fsp3) is 1.00. The molecule has 1 nitrogen and oxygen atoms in total. The molecular weight excluding hydrogens is 270 g/mol. The molecule has 1 atom stereocenters. The third kappa shape index (κ3) is 124. The van der Waals surface area contributed by atoms with Gasteiger partial charge in [0.1, 0.15) is 0 Å². The maximum Gasteiger partial charge on any atom is 0 e. The molecule has 1 unspecified atom stereocenters. The second-order valence-corrected chi connectivity index (χ2v) is 3.02. The Morgan fingerprint density at radius 3 is 1.25 bits per heavy atom. The summed E-state index contributed by atoms with van der Waals surface area (Å²) in [5, 5.41) is 3.50. The van der Waals surface area contributed by atoms with E-state index in [0.29, 0.717) is 0 Å². The van der Waals surface area contributed by atoms with Crippen molar-refractivity contribution in [3.05, 3.63) is 5.32 Å². The predicted molar refractivity (Wildman–Crippen MR) is 40.1 cm³/mol. The van der Waals surface area contributed by atoms with Crippen molar-refractivity contribution in [2.24, 2.45) is 0 Å². The summed E-state index contributed by atoms with van der Waals surface area (Å²) >= 11 is 0. The van der Waals surface area contributed by atoms with E-state index in [4.69, 9.17) is 0 Å². The summed E-state index contributed by atoms with van der Waals surface area (Å²) in [5.41, 5.74) is 0.750. The molecule has 0 aliphatic heterocycles. The SMILES string of the molecule is CC(C)P.C[N-]C.[Ho]. The molecule has 0 aromatic carbocycles. The average Bonchev–Trinajstić information content (AvgIpc) is 1.33. The van der Waals surface area contributed by atoms with Gasteiger partial charge in [0, 0.05) is 37.7 Å². The molecule has 0 aliphatic carbocycles. The second-order valence-electron chi connectivity index (χ2n) is 1.69. The Morgan fingerprint density at radius 2 is 1.25 bits per heavy atom. The standard InChI is InChI=1S/C3H9P.C2H6N.Ho/c1-3(2)4;1-3-2;/h3H,4H2,1-2H3;1-2H3;/q;-1;. The van der Waals surface area contributed by atoms with Gasteiger partial charge in [-0.3, -0.25) is 0 Å². The van der Waals surface area contributed by atoms with Crippen molar-refractivity contribution in [1.82, 2.24) is 0 Å². The van der Waals surface area contributed by atoms with Gasteiger partial charge >= 0.3 is 0 Å². The van der Waals surface area contributed by atoms with E-state index < -0.39 is 0 Å². The van der Waals surface area contributed by atoms with Crippen molar-refractivity contribution < 1.29 is 37.7 Å². The molecule has 0 aromatic heterocycles. The Balaban J connectivity index is -0.0000000575. The molecule has 0 saturated carbocycles. The molecule has 0 spiro atoms. The quantitative estimate of drug-likeness (QED) is 0.477. The molecule has 0 fully saturated rings. The summed E-state index contributed by atoms with van der Waals surface area (Å²) in [4.78, 5) is 0. The van der Waals surface area contributed by atoms with Crippen LogP contribution < -0.4 is 0 Å². The van der Waals surface area contributed by atoms with Gasteiger partial charge in [0.05, 0.1) is 0 Å². The summed E-state index contributed by atoms with van der Waals surface area (Å²) < 4.78 is 0. The Labute approximate surface area is 85.2 Å². The minimum absolute atomic E-state index is 0. The molecule has 0 bridgehead atoms. The zero-order chi connectivity index (χ0) is 6.28. The van der Waals surface area contributed by atoms with E-state index >= 15 is 0 Å². The first-order valence-electron chi connectivity index (χ1n) is 2.38. The number of hydrogen-bond donors (Lipinski definition) is 0. The van der Waals surface area contributed by atoms with Crippen LogP contribution in [0.3, 0.4) is 0 Å². The maximum absolute atomic E-state index is 3.50. The Bertz CT molecular complexity index is 23.6.